The molecule has 0 aliphatic rings. The molecule has 0 rings (SSSR count). The van der Waals surface area contributed by atoms with E-state index in [2.05, 4.69) is 55.4 Å². The van der Waals surface area contributed by atoms with Gasteiger partial charge in [0.05, 0.1) is 0 Å². The van der Waals surface area contributed by atoms with Crippen LogP contribution in [0.25, 0.3) is 0 Å². The Bertz CT molecular complexity index is 200. The zero-order valence-electron chi connectivity index (χ0n) is 19.4. The maximum absolute atomic E-state index is 4.76. The van der Waals surface area contributed by atoms with Gasteiger partial charge in [0.2, 0.25) is 0 Å². The summed E-state index contributed by atoms with van der Waals surface area (Å²) in [4.78, 5) is 0. The third-order valence-electron chi connectivity index (χ3n) is 5.04. The second kappa shape index (κ2) is 28.8. The second-order valence-corrected chi connectivity index (χ2v) is 20.2. The molecule has 0 spiro atoms. The molecule has 27 heavy (non-hydrogen) atoms. The summed E-state index contributed by atoms with van der Waals surface area (Å²) in [6.07, 6.45) is 17.8. The van der Waals surface area contributed by atoms with Gasteiger partial charge in [-0.3, -0.25) is 0 Å². The van der Waals surface area contributed by atoms with Crippen LogP contribution in [-0.4, -0.2) is 73.9 Å². The molecule has 170 valence electrons. The van der Waals surface area contributed by atoms with E-state index in [1.807, 2.05) is 0 Å². The van der Waals surface area contributed by atoms with Gasteiger partial charge in [-0.25, -0.2) is 0 Å². The van der Waals surface area contributed by atoms with Crippen molar-refractivity contribution in [2.45, 2.75) is 55.4 Å². The van der Waals surface area contributed by atoms with E-state index in [-0.39, 0.29) is 13.1 Å². The van der Waals surface area contributed by atoms with Crippen LogP contribution >= 0.6 is 51.9 Å². The molecule has 0 fully saturated rings. The van der Waals surface area contributed by atoms with Gasteiger partial charge in [0.15, 0.2) is 0 Å². The molecule has 0 heterocycles. The Hall–Kier alpha value is 2.82. The first-order valence-electron chi connectivity index (χ1n) is 10.7. The van der Waals surface area contributed by atoms with Crippen molar-refractivity contribution in [1.82, 2.24) is 0 Å². The van der Waals surface area contributed by atoms with Crippen molar-refractivity contribution in [3.8, 4) is 0 Å². The van der Waals surface area contributed by atoms with E-state index in [9.17, 15) is 0 Å². The van der Waals surface area contributed by atoms with Gasteiger partial charge >= 0.3 is 33.3 Å². The van der Waals surface area contributed by atoms with Crippen molar-refractivity contribution in [3.05, 3.63) is 0 Å². The summed E-state index contributed by atoms with van der Waals surface area (Å²) in [5, 5.41) is 0. The summed E-state index contributed by atoms with van der Waals surface area (Å²) in [5.74, 6) is 0. The van der Waals surface area contributed by atoms with Crippen LogP contribution in [0.2, 0.25) is 0 Å². The Morgan fingerprint density at radius 2 is 0.519 bits per heavy atom. The molecule has 0 aromatic rings. The first-order valence-corrected chi connectivity index (χ1v) is 21.3. The van der Waals surface area contributed by atoms with Gasteiger partial charge in [0.1, 0.15) is 0 Å². The Morgan fingerprint density at radius 3 is 0.593 bits per heavy atom. The van der Waals surface area contributed by atoms with Crippen molar-refractivity contribution < 1.29 is 13.1 Å². The predicted molar refractivity (Wildman–Crippen MR) is 143 cm³/mol. The maximum atomic E-state index is 4.76. The fourth-order valence-electron chi connectivity index (χ4n) is 2.73. The van der Waals surface area contributed by atoms with Gasteiger partial charge in [0.25, 0.3) is 0 Å². The van der Waals surface area contributed by atoms with Crippen molar-refractivity contribution in [2.75, 3.05) is 73.9 Å². The molecule has 0 unspecified atom stereocenters. The minimum atomic E-state index is 0.194. The van der Waals surface area contributed by atoms with Gasteiger partial charge in [-0.15, -0.1) is 31.7 Å². The summed E-state index contributed by atoms with van der Waals surface area (Å²) in [6.45, 7) is 18.9. The molecule has 0 amide bonds. The van der Waals surface area contributed by atoms with Gasteiger partial charge in [0, 0.05) is 0 Å². The van der Waals surface area contributed by atoms with Gasteiger partial charge < -0.3 is 0 Å². The zero-order chi connectivity index (χ0) is 21.5. The SMILES string of the molecule is CCP(CC)CCP(CC)CC.CCP(CC)CCP(CC)CC.[Cl][Fe][Cl]. The van der Waals surface area contributed by atoms with E-state index in [1.165, 1.54) is 49.3 Å². The number of hydrogen-bond donors (Lipinski definition) is 0. The van der Waals surface area contributed by atoms with Gasteiger partial charge in [-0.2, -0.15) is 0 Å². The van der Waals surface area contributed by atoms with E-state index >= 15 is 0 Å². The zero-order valence-corrected chi connectivity index (χ0v) is 25.6. The first kappa shape index (κ1) is 34.4. The van der Waals surface area contributed by atoms with Crippen molar-refractivity contribution in [3.63, 3.8) is 0 Å². The summed E-state index contributed by atoms with van der Waals surface area (Å²) in [6, 6.07) is 0. The average molecular weight is 539 g/mol. The Kier molecular flexibility index (Phi) is 36.8. The monoisotopic (exact) mass is 538 g/mol. The molecule has 0 radical (unpaired) electrons. The fourth-order valence-corrected chi connectivity index (χ4v) is 11.6. The molecule has 0 saturated carbocycles. The minimum absolute atomic E-state index is 0.194. The molecule has 0 aromatic heterocycles. The van der Waals surface area contributed by atoms with Crippen LogP contribution < -0.4 is 0 Å². The third kappa shape index (κ3) is 25.0. The molecule has 0 N–H and O–H groups in total. The molecule has 7 heteroatoms. The predicted octanol–water partition coefficient (Wildman–Crippen LogP) is 9.44. The molecular formula is C20H48Cl2FeP4. The summed E-state index contributed by atoms with van der Waals surface area (Å²) >= 11 is 0.194. The molecule has 0 aliphatic carbocycles. The number of rotatable bonds is 14. The molecule has 0 nitrogen and oxygen atoms in total. The molecule has 0 aliphatic heterocycles. The Balaban J connectivity index is -0.000000372. The van der Waals surface area contributed by atoms with Crippen LogP contribution in [0.1, 0.15) is 55.4 Å². The molecule has 0 aromatic carbocycles. The number of halogens is 2. The molecule has 0 atom stereocenters. The summed E-state index contributed by atoms with van der Waals surface area (Å²) in [7, 11) is 11.2. The Labute approximate surface area is 193 Å². The van der Waals surface area contributed by atoms with Crippen molar-refractivity contribution in [1.29, 1.82) is 0 Å². The molecule has 0 bridgehead atoms. The van der Waals surface area contributed by atoms with Crippen LogP contribution in [0.15, 0.2) is 0 Å². The van der Waals surface area contributed by atoms with Gasteiger partial charge in [-0.1, -0.05) is 55.4 Å². The van der Waals surface area contributed by atoms with E-state index < -0.39 is 0 Å². The average Bonchev–Trinajstić information content (AvgIpc) is 2.70. The van der Waals surface area contributed by atoms with Crippen LogP contribution in [-0.2, 0) is 13.1 Å². The van der Waals surface area contributed by atoms with E-state index in [0.717, 1.165) is 0 Å². The molecule has 0 saturated heterocycles. The quantitative estimate of drug-likeness (QED) is 0.152. The molecular weight excluding hydrogens is 491 g/mol. The van der Waals surface area contributed by atoms with Crippen molar-refractivity contribution in [2.24, 2.45) is 0 Å². The van der Waals surface area contributed by atoms with Crippen LogP contribution in [0, 0.1) is 0 Å². The van der Waals surface area contributed by atoms with Crippen molar-refractivity contribution >= 4 is 51.9 Å². The topological polar surface area (TPSA) is 0 Å². The first-order chi connectivity index (χ1) is 13.0. The normalized spacial score (nSPS) is 11.0. The second-order valence-electron chi connectivity index (χ2n) is 6.16. The van der Waals surface area contributed by atoms with E-state index in [4.69, 9.17) is 20.2 Å². The number of hydrogen-bond acceptors (Lipinski definition) is 0. The summed E-state index contributed by atoms with van der Waals surface area (Å²) in [5.41, 5.74) is 0. The van der Waals surface area contributed by atoms with Gasteiger partial charge in [-0.05, 0) is 73.9 Å². The van der Waals surface area contributed by atoms with Crippen LogP contribution in [0.3, 0.4) is 0 Å². The van der Waals surface area contributed by atoms with Crippen LogP contribution in [0.4, 0.5) is 0 Å². The fraction of sp³-hybridized carbons (Fsp3) is 1.00. The van der Waals surface area contributed by atoms with E-state index in [1.54, 1.807) is 24.6 Å². The van der Waals surface area contributed by atoms with Crippen LogP contribution in [0.5, 0.6) is 0 Å². The third-order valence-corrected chi connectivity index (χ3v) is 16.3. The van der Waals surface area contributed by atoms with E-state index in [0.29, 0.717) is 31.7 Å². The summed E-state index contributed by atoms with van der Waals surface area (Å²) < 4.78 is 0. The Morgan fingerprint density at radius 1 is 0.407 bits per heavy atom. The standard InChI is InChI=1S/2C10H24P2.2ClH.Fe/c2*1-5-11(6-2)9-10-12(7-3)8-4;;;/h2*5-10H2,1-4H3;2*1H;/q;;;;+2/p-2.